The van der Waals surface area contributed by atoms with Crippen molar-refractivity contribution >= 4 is 23.5 Å². The van der Waals surface area contributed by atoms with Crippen molar-refractivity contribution in [2.75, 3.05) is 32.8 Å². The molecule has 7 heteroatoms. The van der Waals surface area contributed by atoms with E-state index >= 15 is 0 Å². The highest BCUT2D eigenvalue weighted by atomic mass is 16.3. The van der Waals surface area contributed by atoms with Gasteiger partial charge in [-0.15, -0.1) is 0 Å². The first-order valence-electron chi connectivity index (χ1n) is 12.5. The minimum Gasteiger partial charge on any atom is -0.394 e. The zero-order valence-electron chi connectivity index (χ0n) is 19.9. The van der Waals surface area contributed by atoms with Crippen molar-refractivity contribution < 1.29 is 19.8 Å². The second-order valence-electron chi connectivity index (χ2n) is 9.91. The van der Waals surface area contributed by atoms with Crippen molar-refractivity contribution in [3.05, 3.63) is 58.5 Å². The van der Waals surface area contributed by atoms with Gasteiger partial charge in [0.25, 0.3) is 11.8 Å². The minimum atomic E-state index is -1.16. The fourth-order valence-corrected chi connectivity index (χ4v) is 5.10. The lowest BCUT2D eigenvalue weighted by Gasteiger charge is -2.35. The summed E-state index contributed by atoms with van der Waals surface area (Å²) in [5, 5.41) is 22.0. The maximum absolute atomic E-state index is 13.0. The average molecular weight is 476 g/mol. The number of carbonyl (C=O) groups excluding carboxylic acids is 2. The summed E-state index contributed by atoms with van der Waals surface area (Å²) in [6.07, 6.45) is 6.19. The molecule has 1 saturated heterocycles. The summed E-state index contributed by atoms with van der Waals surface area (Å²) >= 11 is 0. The molecule has 2 aliphatic carbocycles. The molecule has 0 spiro atoms. The Kier molecular flexibility index (Phi) is 6.49. The molecule has 1 saturated carbocycles. The van der Waals surface area contributed by atoms with Crippen LogP contribution in [0.5, 0.6) is 0 Å². The molecule has 0 bridgehead atoms. The Morgan fingerprint density at radius 1 is 0.971 bits per heavy atom. The zero-order chi connectivity index (χ0) is 24.6. The highest BCUT2D eigenvalue weighted by Crippen LogP contribution is 2.37. The number of nitrogens with zero attached hydrogens (tertiary/aromatic N) is 2. The van der Waals surface area contributed by atoms with Gasteiger partial charge in [0, 0.05) is 37.8 Å². The number of piperazine rings is 1. The third kappa shape index (κ3) is 4.76. The van der Waals surface area contributed by atoms with Gasteiger partial charge in [-0.2, -0.15) is 0 Å². The summed E-state index contributed by atoms with van der Waals surface area (Å²) in [5.74, 6) is -0.248. The number of nitrogens with two attached hydrogens (primary N) is 1. The molecular weight excluding hydrogens is 442 g/mol. The van der Waals surface area contributed by atoms with Gasteiger partial charge >= 0.3 is 0 Å². The molecule has 2 amide bonds. The van der Waals surface area contributed by atoms with E-state index in [1.165, 1.54) is 0 Å². The normalized spacial score (nSPS) is 19.9. The number of hydrogen-bond donors (Lipinski definition) is 3. The van der Waals surface area contributed by atoms with Gasteiger partial charge in [-0.3, -0.25) is 9.59 Å². The van der Waals surface area contributed by atoms with Gasteiger partial charge in [0.2, 0.25) is 0 Å². The molecular formula is C28H33N3O4. The summed E-state index contributed by atoms with van der Waals surface area (Å²) in [5.41, 5.74) is 8.83. The van der Waals surface area contributed by atoms with Gasteiger partial charge < -0.3 is 25.7 Å². The van der Waals surface area contributed by atoms with Crippen LogP contribution in [0.1, 0.15) is 42.5 Å². The molecule has 2 aromatic rings. The second-order valence-corrected chi connectivity index (χ2v) is 9.91. The lowest BCUT2D eigenvalue weighted by Crippen LogP contribution is -2.53. The van der Waals surface area contributed by atoms with E-state index in [9.17, 15) is 19.8 Å². The van der Waals surface area contributed by atoms with Gasteiger partial charge in [-0.05, 0) is 77.4 Å². The van der Waals surface area contributed by atoms with E-state index in [0.29, 0.717) is 44.6 Å². The molecule has 2 fully saturated rings. The maximum atomic E-state index is 13.0. The first-order valence-corrected chi connectivity index (χ1v) is 12.5. The lowest BCUT2D eigenvalue weighted by molar-refractivity contribution is -0.143. The van der Waals surface area contributed by atoms with Crippen LogP contribution in [-0.2, 0) is 4.79 Å². The monoisotopic (exact) mass is 475 g/mol. The Morgan fingerprint density at radius 3 is 2.29 bits per heavy atom. The van der Waals surface area contributed by atoms with Crippen LogP contribution in [0.2, 0.25) is 0 Å². The van der Waals surface area contributed by atoms with Crippen LogP contribution in [0.3, 0.4) is 0 Å². The molecule has 35 heavy (non-hydrogen) atoms. The molecule has 2 aromatic carbocycles. The highest BCUT2D eigenvalue weighted by molar-refractivity contribution is 5.95. The zero-order valence-corrected chi connectivity index (χ0v) is 19.9. The van der Waals surface area contributed by atoms with Crippen molar-refractivity contribution in [3.8, 4) is 11.1 Å². The molecule has 0 radical (unpaired) electrons. The molecule has 1 atom stereocenters. The van der Waals surface area contributed by atoms with Gasteiger partial charge in [0.15, 0.2) is 0 Å². The van der Waals surface area contributed by atoms with E-state index < -0.39 is 5.60 Å². The summed E-state index contributed by atoms with van der Waals surface area (Å²) in [6, 6.07) is 13.6. The lowest BCUT2D eigenvalue weighted by atomic mass is 9.97. The van der Waals surface area contributed by atoms with E-state index in [2.05, 4.69) is 24.3 Å². The first kappa shape index (κ1) is 23.7. The fraction of sp³-hybridized carbons (Fsp3) is 0.429. The largest absolute Gasteiger partial charge is 0.394 e. The number of carbonyl (C=O) groups is 2. The molecule has 1 unspecified atom stereocenters. The second kappa shape index (κ2) is 9.57. The number of aliphatic hydroxyl groups excluding tert-OH is 1. The summed E-state index contributed by atoms with van der Waals surface area (Å²) in [7, 11) is 0. The smallest absolute Gasteiger partial charge is 0.254 e. The van der Waals surface area contributed by atoms with Crippen molar-refractivity contribution in [2.24, 2.45) is 5.73 Å². The SMILES string of the molecule is NC(CO)C1=c2cc(-c3ccc(C(=O)N4CCN(C(=O)C5(O)CC5)CC4)cc3)ccc2=CCCC1. The number of amides is 2. The van der Waals surface area contributed by atoms with Crippen LogP contribution in [0.25, 0.3) is 22.8 Å². The Morgan fingerprint density at radius 2 is 1.63 bits per heavy atom. The maximum Gasteiger partial charge on any atom is 0.254 e. The van der Waals surface area contributed by atoms with E-state index in [4.69, 9.17) is 5.73 Å². The number of benzene rings is 2. The van der Waals surface area contributed by atoms with Crippen LogP contribution in [0, 0.1) is 0 Å². The molecule has 4 N–H and O–H groups in total. The Hall–Kier alpha value is -3.00. The number of rotatable bonds is 5. The third-order valence-corrected chi connectivity index (χ3v) is 7.50. The average Bonchev–Trinajstić information content (AvgIpc) is 3.69. The van der Waals surface area contributed by atoms with Crippen molar-refractivity contribution in [3.63, 3.8) is 0 Å². The van der Waals surface area contributed by atoms with Gasteiger partial charge in [0.1, 0.15) is 5.60 Å². The van der Waals surface area contributed by atoms with Crippen LogP contribution in [0.4, 0.5) is 0 Å². The number of hydrogen-bond acceptors (Lipinski definition) is 5. The molecule has 3 aliphatic rings. The van der Waals surface area contributed by atoms with Crippen LogP contribution in [0.15, 0.2) is 42.5 Å². The fourth-order valence-electron chi connectivity index (χ4n) is 5.10. The number of aliphatic hydroxyl groups is 2. The topological polar surface area (TPSA) is 107 Å². The summed E-state index contributed by atoms with van der Waals surface area (Å²) < 4.78 is 0. The first-order chi connectivity index (χ1) is 16.9. The Balaban J connectivity index is 1.32. The predicted molar refractivity (Wildman–Crippen MR) is 135 cm³/mol. The molecule has 7 nitrogen and oxygen atoms in total. The Labute approximate surface area is 205 Å². The molecule has 1 aliphatic heterocycles. The minimum absolute atomic E-state index is 0.0464. The number of fused-ring (bicyclic) bond motifs is 1. The van der Waals surface area contributed by atoms with E-state index in [1.807, 2.05) is 24.3 Å². The molecule has 0 aromatic heterocycles. The van der Waals surface area contributed by atoms with Crippen LogP contribution < -0.4 is 16.2 Å². The summed E-state index contributed by atoms with van der Waals surface area (Å²) in [4.78, 5) is 28.8. The van der Waals surface area contributed by atoms with Gasteiger partial charge in [-0.1, -0.05) is 30.3 Å². The van der Waals surface area contributed by atoms with Gasteiger partial charge in [0.05, 0.1) is 6.61 Å². The third-order valence-electron chi connectivity index (χ3n) is 7.50. The van der Waals surface area contributed by atoms with Gasteiger partial charge in [-0.25, -0.2) is 0 Å². The van der Waals surface area contributed by atoms with Crippen molar-refractivity contribution in [1.29, 1.82) is 0 Å². The Bertz CT molecular complexity index is 1240. The molecule has 5 rings (SSSR count). The quantitative estimate of drug-likeness (QED) is 0.587. The van der Waals surface area contributed by atoms with Crippen LogP contribution in [-0.4, -0.2) is 76.3 Å². The summed E-state index contributed by atoms with van der Waals surface area (Å²) in [6.45, 7) is 1.76. The van der Waals surface area contributed by atoms with E-state index in [-0.39, 0.29) is 24.5 Å². The van der Waals surface area contributed by atoms with Crippen molar-refractivity contribution in [1.82, 2.24) is 9.80 Å². The van der Waals surface area contributed by atoms with E-state index in [1.54, 1.807) is 9.80 Å². The van der Waals surface area contributed by atoms with E-state index in [0.717, 1.165) is 46.4 Å². The van der Waals surface area contributed by atoms with Crippen molar-refractivity contribution in [2.45, 2.75) is 43.7 Å². The molecule has 184 valence electrons. The predicted octanol–water partition coefficient (Wildman–Crippen LogP) is 0.598. The van der Waals surface area contributed by atoms with Crippen LogP contribution >= 0.6 is 0 Å². The molecule has 1 heterocycles. The highest BCUT2D eigenvalue weighted by Gasteiger charge is 2.50. The standard InChI is InChI=1S/C28H33N3O4/c29-25(18-32)23-4-2-1-3-20-7-10-22(17-24(20)23)19-5-8-21(9-6-19)26(33)30-13-15-31(16-14-30)27(34)28(35)11-12-28/h3,5-10,17,25,32,35H,1-2,4,11-16,18,29H2.